The molecule has 0 saturated heterocycles. The summed E-state index contributed by atoms with van der Waals surface area (Å²) in [6.07, 6.45) is 1.09. The molecule has 2 aromatic heterocycles. The predicted molar refractivity (Wildman–Crippen MR) is 127 cm³/mol. The zero-order valence-electron chi connectivity index (χ0n) is 18.2. The van der Waals surface area contributed by atoms with Crippen LogP contribution in [0, 0.1) is 20.7 Å². The Morgan fingerprint density at radius 3 is 2.58 bits per heavy atom. The Bertz CT molecular complexity index is 1230. The maximum absolute atomic E-state index is 13.5. The third-order valence-corrected chi connectivity index (χ3v) is 8.30. The van der Waals surface area contributed by atoms with Crippen molar-refractivity contribution in [2.45, 2.75) is 58.8 Å². The van der Waals surface area contributed by atoms with E-state index in [9.17, 15) is 10.1 Å². The normalized spacial score (nSPS) is 21.4. The first kappa shape index (κ1) is 21.9. The summed E-state index contributed by atoms with van der Waals surface area (Å²) in [5.74, 6) is -0.0700. The van der Waals surface area contributed by atoms with Crippen LogP contribution in [-0.4, -0.2) is 16.0 Å². The van der Waals surface area contributed by atoms with Gasteiger partial charge in [0.25, 0.3) is 0 Å². The predicted octanol–water partition coefficient (Wildman–Crippen LogP) is 5.50. The molecule has 3 heterocycles. The number of thiophene rings is 1. The number of ketones is 1. The van der Waals surface area contributed by atoms with Crippen LogP contribution in [0.25, 0.3) is 0 Å². The number of nitrogens with two attached hydrogens (primary N) is 1. The quantitative estimate of drug-likeness (QED) is 0.561. The molecule has 1 atom stereocenters. The van der Waals surface area contributed by atoms with Crippen molar-refractivity contribution in [3.8, 4) is 6.07 Å². The van der Waals surface area contributed by atoms with Crippen LogP contribution in [0.5, 0.6) is 0 Å². The van der Waals surface area contributed by atoms with Gasteiger partial charge in [-0.1, -0.05) is 46.0 Å². The molecule has 2 aromatic rings. The van der Waals surface area contributed by atoms with Gasteiger partial charge in [-0.25, -0.2) is 0 Å². The molecule has 0 aromatic carbocycles. The van der Waals surface area contributed by atoms with Crippen molar-refractivity contribution < 1.29 is 4.79 Å². The van der Waals surface area contributed by atoms with Crippen LogP contribution in [0.1, 0.15) is 63.1 Å². The van der Waals surface area contributed by atoms with Gasteiger partial charge in [0, 0.05) is 27.4 Å². The van der Waals surface area contributed by atoms with Gasteiger partial charge in [-0.05, 0) is 41.6 Å². The van der Waals surface area contributed by atoms with E-state index >= 15 is 0 Å². The summed E-state index contributed by atoms with van der Waals surface area (Å²) in [5, 5.41) is 17.8. The van der Waals surface area contributed by atoms with Crippen LogP contribution in [-0.2, 0) is 10.2 Å². The molecule has 6 nitrogen and oxygen atoms in total. The summed E-state index contributed by atoms with van der Waals surface area (Å²) in [4.78, 5) is 17.4. The molecule has 1 aliphatic carbocycles. The number of hydrogen-bond acceptors (Lipinski definition) is 8. The molecular weight excluding hydrogens is 446 g/mol. The maximum Gasteiger partial charge on any atom is 0.216 e. The zero-order chi connectivity index (χ0) is 22.7. The third kappa shape index (κ3) is 3.77. The van der Waals surface area contributed by atoms with E-state index in [0.29, 0.717) is 38.9 Å². The third-order valence-electron chi connectivity index (χ3n) is 5.65. The second kappa shape index (κ2) is 7.40. The fourth-order valence-corrected chi connectivity index (χ4v) is 6.34. The van der Waals surface area contributed by atoms with E-state index in [1.165, 1.54) is 16.2 Å². The Labute approximate surface area is 195 Å². The van der Waals surface area contributed by atoms with Crippen LogP contribution in [0.2, 0.25) is 0 Å². The number of carbonyl (C=O) groups is 1. The van der Waals surface area contributed by atoms with Crippen LogP contribution in [0.4, 0.5) is 5.13 Å². The number of rotatable bonds is 2. The number of Topliss-reactive ketones (excluding diaryl/α,β-unsaturated/α-hetero) is 1. The minimum Gasteiger partial charge on any atom is -0.384 e. The number of allylic oxidation sites excluding steroid dienone is 3. The van der Waals surface area contributed by atoms with E-state index in [1.54, 1.807) is 16.2 Å². The topological polar surface area (TPSA) is 98.8 Å². The van der Waals surface area contributed by atoms with Crippen molar-refractivity contribution in [3.63, 3.8) is 0 Å². The van der Waals surface area contributed by atoms with Crippen molar-refractivity contribution in [2.75, 3.05) is 4.90 Å². The highest BCUT2D eigenvalue weighted by atomic mass is 32.1. The first-order valence-corrected chi connectivity index (χ1v) is 12.1. The molecule has 162 valence electrons. The van der Waals surface area contributed by atoms with Crippen molar-refractivity contribution in [1.82, 2.24) is 10.2 Å². The molecule has 0 fully saturated rings. The van der Waals surface area contributed by atoms with E-state index < -0.39 is 5.92 Å². The van der Waals surface area contributed by atoms with E-state index in [0.717, 1.165) is 10.6 Å². The number of carbonyl (C=O) groups excluding carboxylic acids is 1. The molecule has 4 rings (SSSR count). The summed E-state index contributed by atoms with van der Waals surface area (Å²) in [7, 11) is 0. The first-order chi connectivity index (χ1) is 14.4. The molecule has 2 aliphatic rings. The summed E-state index contributed by atoms with van der Waals surface area (Å²) < 4.78 is 0.514. The zero-order valence-corrected chi connectivity index (χ0v) is 20.6. The molecule has 0 radical (unpaired) electrons. The second-order valence-corrected chi connectivity index (χ2v) is 12.6. The van der Waals surface area contributed by atoms with Crippen LogP contribution in [0.15, 0.2) is 34.8 Å². The molecule has 3 N–H and O–H groups in total. The van der Waals surface area contributed by atoms with Gasteiger partial charge in [0.05, 0.1) is 17.6 Å². The Hall–Kier alpha value is -2.28. The lowest BCUT2D eigenvalue weighted by molar-refractivity contribution is -0.118. The van der Waals surface area contributed by atoms with Gasteiger partial charge in [-0.15, -0.1) is 16.4 Å². The van der Waals surface area contributed by atoms with E-state index in [2.05, 4.69) is 57.0 Å². The summed E-state index contributed by atoms with van der Waals surface area (Å²) >= 11 is 8.15. The summed E-state index contributed by atoms with van der Waals surface area (Å²) in [6.45, 7) is 10.6. The second-order valence-electron chi connectivity index (χ2n) is 9.83. The van der Waals surface area contributed by atoms with Crippen molar-refractivity contribution >= 4 is 45.8 Å². The van der Waals surface area contributed by atoms with Crippen molar-refractivity contribution in [2.24, 2.45) is 11.1 Å². The van der Waals surface area contributed by atoms with E-state index in [4.69, 9.17) is 18.0 Å². The molecule has 31 heavy (non-hydrogen) atoms. The monoisotopic (exact) mass is 471 g/mol. The first-order valence-electron chi connectivity index (χ1n) is 10.0. The van der Waals surface area contributed by atoms with Crippen molar-refractivity contribution in [3.05, 3.63) is 48.5 Å². The summed E-state index contributed by atoms with van der Waals surface area (Å²) in [6, 6.07) is 6.43. The fourth-order valence-electron chi connectivity index (χ4n) is 4.24. The average molecular weight is 472 g/mol. The lowest BCUT2D eigenvalue weighted by atomic mass is 9.70. The molecule has 0 bridgehead atoms. The minimum absolute atomic E-state index is 0.0158. The lowest BCUT2D eigenvalue weighted by Crippen LogP contribution is -2.42. The molecular formula is C22H25N5OS3. The number of aromatic amines is 1. The standard InChI is InChI=1S/C22H25N5OS3/c1-21(2,3)15-7-6-14(30-15)16-11(10-23)18(24)27(19-25-26-20(29)31-19)12-8-22(4,5)9-13(28)17(12)16/h6-7,16H,8-9,24H2,1-5H3,(H,26,29). The number of aromatic nitrogens is 2. The maximum atomic E-state index is 13.5. The number of H-pyrrole nitrogens is 1. The van der Waals surface area contributed by atoms with Crippen LogP contribution >= 0.6 is 34.9 Å². The van der Waals surface area contributed by atoms with Gasteiger partial charge in [0.1, 0.15) is 5.82 Å². The van der Waals surface area contributed by atoms with Gasteiger partial charge in [0.15, 0.2) is 9.74 Å². The molecule has 0 amide bonds. The number of hydrogen-bond donors (Lipinski definition) is 2. The lowest BCUT2D eigenvalue weighted by Gasteiger charge is -2.42. The SMILES string of the molecule is CC1(C)CC(=O)C2=C(C1)N(c1n[nH]c(=S)s1)C(N)=C(C#N)C2c1ccc(C(C)(C)C)s1. The number of nitrogens with one attached hydrogen (secondary N) is 1. The van der Waals surface area contributed by atoms with E-state index in [1.807, 2.05) is 6.07 Å². The number of nitrogens with zero attached hydrogens (tertiary/aromatic N) is 3. The van der Waals surface area contributed by atoms with Gasteiger partial charge in [0.2, 0.25) is 5.13 Å². The van der Waals surface area contributed by atoms with Gasteiger partial charge in [-0.2, -0.15) is 5.26 Å². The van der Waals surface area contributed by atoms with Gasteiger partial charge >= 0.3 is 0 Å². The Morgan fingerprint density at radius 2 is 2.03 bits per heavy atom. The highest BCUT2D eigenvalue weighted by Gasteiger charge is 2.45. The highest BCUT2D eigenvalue weighted by molar-refractivity contribution is 7.73. The molecule has 0 saturated carbocycles. The highest BCUT2D eigenvalue weighted by Crippen LogP contribution is 2.51. The average Bonchev–Trinajstić information content (AvgIpc) is 3.28. The molecule has 1 aliphatic heterocycles. The number of anilines is 1. The summed E-state index contributed by atoms with van der Waals surface area (Å²) in [5.41, 5.74) is 8.24. The molecule has 9 heteroatoms. The Balaban J connectivity index is 1.97. The Kier molecular flexibility index (Phi) is 5.23. The van der Waals surface area contributed by atoms with Crippen LogP contribution in [0.3, 0.4) is 0 Å². The Morgan fingerprint density at radius 1 is 1.32 bits per heavy atom. The molecule has 0 spiro atoms. The van der Waals surface area contributed by atoms with Gasteiger partial charge < -0.3 is 5.73 Å². The van der Waals surface area contributed by atoms with Crippen molar-refractivity contribution in [1.29, 1.82) is 5.26 Å². The van der Waals surface area contributed by atoms with E-state index in [-0.39, 0.29) is 16.6 Å². The molecule has 1 unspecified atom stereocenters. The number of nitriles is 1. The van der Waals surface area contributed by atoms with Gasteiger partial charge in [-0.3, -0.25) is 14.8 Å². The van der Waals surface area contributed by atoms with Crippen LogP contribution < -0.4 is 10.6 Å². The largest absolute Gasteiger partial charge is 0.384 e. The fraction of sp³-hybridized carbons (Fsp3) is 0.455. The minimum atomic E-state index is -0.451. The smallest absolute Gasteiger partial charge is 0.216 e.